The zero-order chi connectivity index (χ0) is 20.4. The summed E-state index contributed by atoms with van der Waals surface area (Å²) in [5, 5.41) is 12.6. The lowest BCUT2D eigenvalue weighted by atomic mass is 10.1. The lowest BCUT2D eigenvalue weighted by Crippen LogP contribution is -2.37. The van der Waals surface area contributed by atoms with Gasteiger partial charge in [0.25, 0.3) is 0 Å². The highest BCUT2D eigenvalue weighted by Gasteiger charge is 2.23. The molecule has 0 fully saturated rings. The quantitative estimate of drug-likeness (QED) is 0.773. The van der Waals surface area contributed by atoms with Crippen molar-refractivity contribution in [1.29, 1.82) is 0 Å². The van der Waals surface area contributed by atoms with Crippen molar-refractivity contribution >= 4 is 11.6 Å². The third-order valence-corrected chi connectivity index (χ3v) is 4.06. The number of ether oxygens (including phenoxy) is 1. The van der Waals surface area contributed by atoms with Crippen molar-refractivity contribution < 1.29 is 27.4 Å². The minimum Gasteiger partial charge on any atom is -0.494 e. The predicted octanol–water partition coefficient (Wildman–Crippen LogP) is 3.83. The molecular weight excluding hydrogens is 378 g/mol. The van der Waals surface area contributed by atoms with Crippen molar-refractivity contribution in [2.75, 3.05) is 12.4 Å². The van der Waals surface area contributed by atoms with Crippen molar-refractivity contribution in [3.63, 3.8) is 0 Å². The van der Waals surface area contributed by atoms with Gasteiger partial charge in [0.15, 0.2) is 17.4 Å². The summed E-state index contributed by atoms with van der Waals surface area (Å²) in [5.74, 6) is -3.06. The molecule has 1 heterocycles. The maximum Gasteiger partial charge on any atom is 0.205 e. The molecule has 148 valence electrons. The summed E-state index contributed by atoms with van der Waals surface area (Å²) >= 11 is 0. The van der Waals surface area contributed by atoms with Crippen molar-refractivity contribution in [2.24, 2.45) is 4.99 Å². The maximum atomic E-state index is 13.9. The molecule has 1 unspecified atom stereocenters. The molecule has 3 rings (SSSR count). The van der Waals surface area contributed by atoms with Gasteiger partial charge in [-0.05, 0) is 36.2 Å². The van der Waals surface area contributed by atoms with Crippen molar-refractivity contribution in [1.82, 2.24) is 4.90 Å². The molecule has 2 aromatic carbocycles. The number of benzene rings is 2. The van der Waals surface area contributed by atoms with E-state index in [1.165, 1.54) is 24.1 Å². The van der Waals surface area contributed by atoms with E-state index < -0.39 is 29.5 Å². The van der Waals surface area contributed by atoms with Crippen LogP contribution in [0.3, 0.4) is 0 Å². The molecule has 9 heteroatoms. The van der Waals surface area contributed by atoms with Crippen LogP contribution in [0.15, 0.2) is 47.4 Å². The molecule has 1 atom stereocenters. The number of nitrogens with one attached hydrogen (secondary N) is 1. The van der Waals surface area contributed by atoms with Crippen LogP contribution in [0.25, 0.3) is 0 Å². The molecule has 28 heavy (non-hydrogen) atoms. The Kier molecular flexibility index (Phi) is 5.55. The number of aryl methyl sites for hydroxylation is 1. The first-order chi connectivity index (χ1) is 13.3. The van der Waals surface area contributed by atoms with Crippen molar-refractivity contribution in [3.05, 3.63) is 70.9 Å². The monoisotopic (exact) mass is 395 g/mol. The van der Waals surface area contributed by atoms with Crippen molar-refractivity contribution in [2.45, 2.75) is 19.7 Å². The molecular formula is C19H17F4N3O2. The highest BCUT2D eigenvalue weighted by Crippen LogP contribution is 2.27. The number of aliphatic imine (C=N–C) groups is 1. The molecule has 0 amide bonds. The average Bonchev–Trinajstić information content (AvgIpc) is 2.60. The lowest BCUT2D eigenvalue weighted by Gasteiger charge is -2.28. The van der Waals surface area contributed by atoms with Crippen molar-refractivity contribution in [3.8, 4) is 5.75 Å². The Morgan fingerprint density at radius 3 is 2.43 bits per heavy atom. The highest BCUT2D eigenvalue weighted by molar-refractivity contribution is 5.95. The predicted molar refractivity (Wildman–Crippen MR) is 95.8 cm³/mol. The van der Waals surface area contributed by atoms with Crippen LogP contribution >= 0.6 is 0 Å². The second kappa shape index (κ2) is 7.89. The van der Waals surface area contributed by atoms with Gasteiger partial charge in [-0.1, -0.05) is 0 Å². The number of rotatable bonds is 4. The minimum absolute atomic E-state index is 0.00957. The number of hydrogen-bond acceptors (Lipinski definition) is 5. The summed E-state index contributed by atoms with van der Waals surface area (Å²) in [4.78, 5) is 5.06. The maximum absolute atomic E-state index is 13.9. The third-order valence-electron chi connectivity index (χ3n) is 4.06. The Morgan fingerprint density at radius 2 is 1.79 bits per heavy atom. The summed E-state index contributed by atoms with van der Waals surface area (Å²) in [5.41, 5.74) is 1.12. The van der Waals surface area contributed by atoms with Gasteiger partial charge in [0.05, 0.1) is 13.7 Å². The van der Waals surface area contributed by atoms with Gasteiger partial charge in [0.2, 0.25) is 12.2 Å². The Balaban J connectivity index is 1.92. The second-order valence-corrected chi connectivity index (χ2v) is 6.17. The van der Waals surface area contributed by atoms with Crippen LogP contribution < -0.4 is 10.1 Å². The van der Waals surface area contributed by atoms with E-state index in [1.54, 1.807) is 6.92 Å². The van der Waals surface area contributed by atoms with E-state index in [1.807, 2.05) is 0 Å². The molecule has 0 saturated carbocycles. The van der Waals surface area contributed by atoms with Gasteiger partial charge in [-0.15, -0.1) is 0 Å². The first-order valence-electron chi connectivity index (χ1n) is 8.22. The Bertz CT molecular complexity index is 942. The highest BCUT2D eigenvalue weighted by atomic mass is 19.1. The van der Waals surface area contributed by atoms with E-state index in [-0.39, 0.29) is 23.8 Å². The normalized spacial score (nSPS) is 16.5. The number of hydrogen-bond donors (Lipinski definition) is 2. The Labute approximate surface area is 158 Å². The number of methoxy groups -OCH3 is 1. The molecule has 1 aliphatic rings. The van der Waals surface area contributed by atoms with E-state index in [0.29, 0.717) is 11.3 Å². The van der Waals surface area contributed by atoms with Crippen LogP contribution in [0.2, 0.25) is 0 Å². The van der Waals surface area contributed by atoms with Gasteiger partial charge in [-0.3, -0.25) is 0 Å². The van der Waals surface area contributed by atoms with Crippen LogP contribution in [0.5, 0.6) is 5.75 Å². The number of aliphatic hydroxyl groups excluding tert-OH is 1. The van der Waals surface area contributed by atoms with Gasteiger partial charge >= 0.3 is 0 Å². The molecule has 0 spiro atoms. The molecule has 0 aromatic heterocycles. The van der Waals surface area contributed by atoms with E-state index in [0.717, 1.165) is 24.4 Å². The van der Waals surface area contributed by atoms with Crippen LogP contribution in [0, 0.1) is 24.4 Å². The summed E-state index contributed by atoms with van der Waals surface area (Å²) in [6, 6.07) is 5.55. The van der Waals surface area contributed by atoms with E-state index in [9.17, 15) is 22.7 Å². The van der Waals surface area contributed by atoms with E-state index >= 15 is 0 Å². The largest absolute Gasteiger partial charge is 0.494 e. The second-order valence-electron chi connectivity index (χ2n) is 6.17. The first-order valence-corrected chi connectivity index (χ1v) is 8.22. The van der Waals surface area contributed by atoms with E-state index in [2.05, 4.69) is 10.3 Å². The molecule has 2 aromatic rings. The molecule has 0 bridgehead atoms. The van der Waals surface area contributed by atoms with Gasteiger partial charge in [-0.2, -0.15) is 0 Å². The van der Waals surface area contributed by atoms with Crippen LogP contribution in [0.4, 0.5) is 23.2 Å². The Morgan fingerprint density at radius 1 is 1.11 bits per heavy atom. The van der Waals surface area contributed by atoms with Crippen LogP contribution in [-0.2, 0) is 6.54 Å². The summed E-state index contributed by atoms with van der Waals surface area (Å²) in [6.07, 6.45) is -0.760. The molecule has 1 aliphatic heterocycles. The number of halogens is 4. The molecule has 0 radical (unpaired) electrons. The third kappa shape index (κ3) is 4.25. The zero-order valence-electron chi connectivity index (χ0n) is 15.0. The number of aliphatic hydroxyl groups is 1. The van der Waals surface area contributed by atoms with Crippen LogP contribution in [0.1, 0.15) is 11.1 Å². The van der Waals surface area contributed by atoms with E-state index in [4.69, 9.17) is 4.74 Å². The number of nitrogens with zero attached hydrogens (tertiary/aromatic N) is 2. The molecule has 0 aliphatic carbocycles. The topological polar surface area (TPSA) is 57.1 Å². The summed E-state index contributed by atoms with van der Waals surface area (Å²) in [6.45, 7) is 1.51. The first kappa shape index (κ1) is 19.7. The number of guanidine groups is 1. The number of anilines is 1. The van der Waals surface area contributed by atoms with Crippen LogP contribution in [-0.4, -0.2) is 29.3 Å². The molecule has 0 saturated heterocycles. The van der Waals surface area contributed by atoms with Gasteiger partial charge in [0.1, 0.15) is 11.6 Å². The Hall–Kier alpha value is -3.07. The molecule has 2 N–H and O–H groups in total. The fraction of sp³-hybridized carbons (Fsp3) is 0.211. The smallest absolute Gasteiger partial charge is 0.205 e. The molecule has 5 nitrogen and oxygen atoms in total. The summed E-state index contributed by atoms with van der Waals surface area (Å²) < 4.78 is 59.5. The SMILES string of the molecule is COc1cc(NC2=NC(O)C(F)=CN2Cc2cc(F)cc(F)c2)c(C)cc1F. The standard InChI is InChI=1S/C19H17F4N3O2/c1-10-3-14(22)17(28-2)7-16(10)24-19-25-18(27)15(23)9-26(19)8-11-4-12(20)6-13(21)5-11/h3-7,9,18,27H,8H2,1-2H3,(H,24,25). The zero-order valence-corrected chi connectivity index (χ0v) is 15.0. The fourth-order valence-electron chi connectivity index (χ4n) is 2.72. The minimum atomic E-state index is -1.73. The summed E-state index contributed by atoms with van der Waals surface area (Å²) in [7, 11) is 1.31. The van der Waals surface area contributed by atoms with Gasteiger partial charge in [-0.25, -0.2) is 22.6 Å². The average molecular weight is 395 g/mol. The lowest BCUT2D eigenvalue weighted by molar-refractivity contribution is 0.181. The van der Waals surface area contributed by atoms with Gasteiger partial charge in [0, 0.05) is 24.0 Å². The van der Waals surface area contributed by atoms with Gasteiger partial charge < -0.3 is 20.1 Å². The fourth-order valence-corrected chi connectivity index (χ4v) is 2.72.